The van der Waals surface area contributed by atoms with Crippen molar-refractivity contribution in [3.05, 3.63) is 0 Å². The van der Waals surface area contributed by atoms with Gasteiger partial charge in [0, 0.05) is 39.6 Å². The first kappa shape index (κ1) is 14.4. The molecule has 3 N–H and O–H groups in total. The van der Waals surface area contributed by atoms with E-state index >= 15 is 0 Å². The number of carbonyl (C=O) groups is 1. The van der Waals surface area contributed by atoms with Crippen LogP contribution in [0.25, 0.3) is 0 Å². The van der Waals surface area contributed by atoms with Crippen molar-refractivity contribution < 1.29 is 14.6 Å². The average Bonchev–Trinajstić information content (AvgIpc) is 2.28. The van der Waals surface area contributed by atoms with Crippen LogP contribution >= 0.6 is 0 Å². The number of carbonyl (C=O) groups excluding carboxylic acids is 1. The molecule has 0 aromatic carbocycles. The molecule has 17 heavy (non-hydrogen) atoms. The second kappa shape index (κ2) is 5.33. The van der Waals surface area contributed by atoms with Crippen LogP contribution in [0.15, 0.2) is 0 Å². The van der Waals surface area contributed by atoms with E-state index in [9.17, 15) is 9.90 Å². The van der Waals surface area contributed by atoms with Gasteiger partial charge in [0.15, 0.2) is 0 Å². The van der Waals surface area contributed by atoms with E-state index in [-0.39, 0.29) is 5.91 Å². The van der Waals surface area contributed by atoms with Crippen molar-refractivity contribution in [1.29, 1.82) is 0 Å². The van der Waals surface area contributed by atoms with Gasteiger partial charge in [-0.1, -0.05) is 6.92 Å². The zero-order valence-corrected chi connectivity index (χ0v) is 11.0. The van der Waals surface area contributed by atoms with E-state index < -0.39 is 11.1 Å². The van der Waals surface area contributed by atoms with Gasteiger partial charge < -0.3 is 20.5 Å². The van der Waals surface area contributed by atoms with Crippen LogP contribution in [0.4, 0.5) is 0 Å². The van der Waals surface area contributed by atoms with Crippen LogP contribution in [-0.4, -0.2) is 53.9 Å². The number of hydrogen-bond acceptors (Lipinski definition) is 4. The predicted molar refractivity (Wildman–Crippen MR) is 65.5 cm³/mol. The summed E-state index contributed by atoms with van der Waals surface area (Å²) >= 11 is 0. The summed E-state index contributed by atoms with van der Waals surface area (Å²) in [5.74, 6) is -0.125. The van der Waals surface area contributed by atoms with Crippen LogP contribution in [0.3, 0.4) is 0 Å². The number of likely N-dealkylation sites (N-methyl/N-ethyl adjacent to an activating group) is 1. The molecule has 0 bridgehead atoms. The summed E-state index contributed by atoms with van der Waals surface area (Å²) in [6.45, 7) is 5.02. The minimum atomic E-state index is -0.851. The number of rotatable bonds is 4. The minimum absolute atomic E-state index is 0.125. The molecule has 0 spiro atoms. The normalized spacial score (nSPS) is 22.9. The number of hydrogen-bond donors (Lipinski definition) is 2. The fraction of sp³-hybridized carbons (Fsp3) is 0.917. The molecule has 1 aliphatic rings. The SMILES string of the molecule is CCC(C)(N)C(=O)N(C)CC1(O)CCOCC1. The van der Waals surface area contributed by atoms with Crippen molar-refractivity contribution in [3.8, 4) is 0 Å². The van der Waals surface area contributed by atoms with Crippen molar-refractivity contribution >= 4 is 5.91 Å². The van der Waals surface area contributed by atoms with Crippen LogP contribution in [0, 0.1) is 0 Å². The van der Waals surface area contributed by atoms with E-state index in [4.69, 9.17) is 10.5 Å². The third-order valence-electron chi connectivity index (χ3n) is 3.52. The number of ether oxygens (including phenoxy) is 1. The first-order chi connectivity index (χ1) is 7.81. The molecule has 1 unspecified atom stereocenters. The predicted octanol–water partition coefficient (Wildman–Crippen LogP) is 0.114. The number of nitrogens with zero attached hydrogens (tertiary/aromatic N) is 1. The smallest absolute Gasteiger partial charge is 0.242 e. The molecule has 5 nitrogen and oxygen atoms in total. The van der Waals surface area contributed by atoms with E-state index in [2.05, 4.69) is 0 Å². The van der Waals surface area contributed by atoms with Gasteiger partial charge >= 0.3 is 0 Å². The Balaban J connectivity index is 2.59. The lowest BCUT2D eigenvalue weighted by molar-refractivity contribution is -0.141. The minimum Gasteiger partial charge on any atom is -0.388 e. The Hall–Kier alpha value is -0.650. The van der Waals surface area contributed by atoms with Gasteiger partial charge in [-0.15, -0.1) is 0 Å². The standard InChI is InChI=1S/C12H24N2O3/c1-4-11(2,13)10(15)14(3)9-12(16)5-7-17-8-6-12/h16H,4-9,13H2,1-3H3. The van der Waals surface area contributed by atoms with Gasteiger partial charge in [-0.2, -0.15) is 0 Å². The van der Waals surface area contributed by atoms with Gasteiger partial charge in [0.05, 0.1) is 11.1 Å². The van der Waals surface area contributed by atoms with Crippen molar-refractivity contribution in [2.45, 2.75) is 44.2 Å². The van der Waals surface area contributed by atoms with Crippen LogP contribution in [0.5, 0.6) is 0 Å². The van der Waals surface area contributed by atoms with E-state index in [1.807, 2.05) is 6.92 Å². The Bertz CT molecular complexity index is 273. The maximum Gasteiger partial charge on any atom is 0.242 e. The number of nitrogens with two attached hydrogens (primary N) is 1. The molecule has 1 aliphatic heterocycles. The highest BCUT2D eigenvalue weighted by molar-refractivity contribution is 5.85. The summed E-state index contributed by atoms with van der Waals surface area (Å²) in [4.78, 5) is 13.6. The third kappa shape index (κ3) is 3.66. The molecule has 0 aliphatic carbocycles. The first-order valence-corrected chi connectivity index (χ1v) is 6.15. The Morgan fingerprint density at radius 2 is 2.06 bits per heavy atom. The number of amides is 1. The van der Waals surface area contributed by atoms with Gasteiger partial charge in [0.1, 0.15) is 0 Å². The summed E-state index contributed by atoms with van der Waals surface area (Å²) in [6, 6.07) is 0. The Morgan fingerprint density at radius 1 is 1.53 bits per heavy atom. The molecule has 100 valence electrons. The van der Waals surface area contributed by atoms with Gasteiger partial charge in [0.2, 0.25) is 5.91 Å². The van der Waals surface area contributed by atoms with Crippen molar-refractivity contribution in [2.24, 2.45) is 5.73 Å². The lowest BCUT2D eigenvalue weighted by Crippen LogP contribution is -2.56. The van der Waals surface area contributed by atoms with Crippen molar-refractivity contribution in [1.82, 2.24) is 4.90 Å². The van der Waals surface area contributed by atoms with Crippen molar-refractivity contribution in [2.75, 3.05) is 26.8 Å². The molecule has 1 rings (SSSR count). The van der Waals surface area contributed by atoms with E-state index in [0.29, 0.717) is 39.0 Å². The molecule has 1 heterocycles. The molecule has 1 fully saturated rings. The fourth-order valence-corrected chi connectivity index (χ4v) is 2.01. The summed E-state index contributed by atoms with van der Waals surface area (Å²) in [7, 11) is 1.69. The zero-order valence-electron chi connectivity index (χ0n) is 11.0. The maximum atomic E-state index is 12.1. The summed E-state index contributed by atoms with van der Waals surface area (Å²) in [5, 5.41) is 10.3. The maximum absolute atomic E-state index is 12.1. The topological polar surface area (TPSA) is 75.8 Å². The Labute approximate surface area is 103 Å². The van der Waals surface area contributed by atoms with Gasteiger partial charge in [0.25, 0.3) is 0 Å². The molecule has 0 aromatic rings. The number of aliphatic hydroxyl groups is 1. The lowest BCUT2D eigenvalue weighted by atomic mass is 9.92. The molecule has 0 aromatic heterocycles. The Morgan fingerprint density at radius 3 is 2.53 bits per heavy atom. The highest BCUT2D eigenvalue weighted by Crippen LogP contribution is 2.22. The van der Waals surface area contributed by atoms with Gasteiger partial charge in [-0.05, 0) is 13.3 Å². The molecule has 0 saturated carbocycles. The van der Waals surface area contributed by atoms with Crippen LogP contribution in [0.2, 0.25) is 0 Å². The van der Waals surface area contributed by atoms with Crippen LogP contribution in [0.1, 0.15) is 33.1 Å². The van der Waals surface area contributed by atoms with Crippen LogP contribution in [-0.2, 0) is 9.53 Å². The van der Waals surface area contributed by atoms with E-state index in [0.717, 1.165) is 0 Å². The molecule has 1 saturated heterocycles. The Kier molecular flexibility index (Phi) is 4.52. The quantitative estimate of drug-likeness (QED) is 0.736. The highest BCUT2D eigenvalue weighted by Gasteiger charge is 2.36. The van der Waals surface area contributed by atoms with E-state index in [1.54, 1.807) is 14.0 Å². The van der Waals surface area contributed by atoms with Gasteiger partial charge in [-0.25, -0.2) is 0 Å². The fourth-order valence-electron chi connectivity index (χ4n) is 2.01. The average molecular weight is 244 g/mol. The molecule has 1 amide bonds. The first-order valence-electron chi connectivity index (χ1n) is 6.15. The molecular formula is C12H24N2O3. The van der Waals surface area contributed by atoms with Crippen molar-refractivity contribution in [3.63, 3.8) is 0 Å². The second-order valence-electron chi connectivity index (χ2n) is 5.27. The van der Waals surface area contributed by atoms with Crippen LogP contribution < -0.4 is 5.73 Å². The third-order valence-corrected chi connectivity index (χ3v) is 3.52. The largest absolute Gasteiger partial charge is 0.388 e. The summed E-state index contributed by atoms with van der Waals surface area (Å²) < 4.78 is 5.21. The monoisotopic (exact) mass is 244 g/mol. The molecule has 5 heteroatoms. The highest BCUT2D eigenvalue weighted by atomic mass is 16.5. The molecule has 1 atom stereocenters. The summed E-state index contributed by atoms with van der Waals surface area (Å²) in [6.07, 6.45) is 1.72. The van der Waals surface area contributed by atoms with E-state index in [1.165, 1.54) is 4.90 Å². The molecular weight excluding hydrogens is 220 g/mol. The van der Waals surface area contributed by atoms with Gasteiger partial charge in [-0.3, -0.25) is 4.79 Å². The zero-order chi connectivity index (χ0) is 13.1. The summed E-state index contributed by atoms with van der Waals surface area (Å²) in [5.41, 5.74) is 4.23. The molecule has 0 radical (unpaired) electrons. The second-order valence-corrected chi connectivity index (χ2v) is 5.27. The lowest BCUT2D eigenvalue weighted by Gasteiger charge is -2.37.